The van der Waals surface area contributed by atoms with Crippen LogP contribution in [0.5, 0.6) is 0 Å². The summed E-state index contributed by atoms with van der Waals surface area (Å²) in [4.78, 5) is 0. The number of fused-ring (bicyclic) bond motifs is 2. The molecule has 0 aliphatic heterocycles. The van der Waals surface area contributed by atoms with Crippen molar-refractivity contribution in [2.24, 2.45) is 0 Å². The van der Waals surface area contributed by atoms with E-state index in [1.165, 1.54) is 21.5 Å². The molecule has 3 heteroatoms. The molecule has 0 bridgehead atoms. The molecule has 0 radical (unpaired) electrons. The third kappa shape index (κ3) is 1.59. The highest BCUT2D eigenvalue weighted by Gasteiger charge is 2.05. The molecule has 19 heavy (non-hydrogen) atoms. The molecule has 0 aliphatic rings. The standard InChI is InChI=1S/C16H11N3/c1-2-5-13-11-15-14(10-12(13)4-1)6-3-7-16(15)19-9-8-17-18-19/h1-11H. The van der Waals surface area contributed by atoms with Gasteiger partial charge in [-0.25, -0.2) is 4.68 Å². The van der Waals surface area contributed by atoms with Crippen molar-refractivity contribution in [3.63, 3.8) is 0 Å². The molecule has 1 heterocycles. The second kappa shape index (κ2) is 3.92. The Morgan fingerprint density at radius 2 is 1.58 bits per heavy atom. The fourth-order valence-electron chi connectivity index (χ4n) is 2.49. The molecule has 0 N–H and O–H groups in total. The minimum atomic E-state index is 1.06. The van der Waals surface area contributed by atoms with E-state index >= 15 is 0 Å². The van der Waals surface area contributed by atoms with Crippen LogP contribution in [0.4, 0.5) is 0 Å². The quantitative estimate of drug-likeness (QED) is 0.480. The summed E-state index contributed by atoms with van der Waals surface area (Å²) in [5, 5.41) is 12.9. The second-order valence-electron chi connectivity index (χ2n) is 4.55. The Morgan fingerprint density at radius 1 is 0.789 bits per heavy atom. The average molecular weight is 245 g/mol. The van der Waals surface area contributed by atoms with Gasteiger partial charge in [-0.3, -0.25) is 0 Å². The minimum Gasteiger partial charge on any atom is -0.220 e. The van der Waals surface area contributed by atoms with Crippen LogP contribution in [0, 0.1) is 0 Å². The maximum absolute atomic E-state index is 4.08. The van der Waals surface area contributed by atoms with E-state index in [2.05, 4.69) is 58.8 Å². The molecule has 0 atom stereocenters. The molecule has 0 amide bonds. The molecule has 0 aliphatic carbocycles. The number of rotatable bonds is 1. The highest BCUT2D eigenvalue weighted by Crippen LogP contribution is 2.27. The average Bonchev–Trinajstić information content (AvgIpc) is 2.98. The lowest BCUT2D eigenvalue weighted by molar-refractivity contribution is 0.808. The molecule has 0 saturated heterocycles. The van der Waals surface area contributed by atoms with Gasteiger partial charge in [0.1, 0.15) is 0 Å². The van der Waals surface area contributed by atoms with Gasteiger partial charge in [-0.1, -0.05) is 41.6 Å². The lowest BCUT2D eigenvalue weighted by Crippen LogP contribution is -1.96. The van der Waals surface area contributed by atoms with Crippen molar-refractivity contribution in [3.8, 4) is 5.69 Å². The number of benzene rings is 3. The third-order valence-electron chi connectivity index (χ3n) is 3.39. The molecule has 0 saturated carbocycles. The first-order valence-electron chi connectivity index (χ1n) is 6.20. The monoisotopic (exact) mass is 245 g/mol. The van der Waals surface area contributed by atoms with Crippen LogP contribution in [0.1, 0.15) is 0 Å². The maximum atomic E-state index is 4.08. The maximum Gasteiger partial charge on any atom is 0.0742 e. The van der Waals surface area contributed by atoms with E-state index in [4.69, 9.17) is 0 Å². The van der Waals surface area contributed by atoms with E-state index in [-0.39, 0.29) is 0 Å². The van der Waals surface area contributed by atoms with Gasteiger partial charge in [-0.15, -0.1) is 5.10 Å². The molecule has 0 fully saturated rings. The van der Waals surface area contributed by atoms with Crippen LogP contribution in [0.15, 0.2) is 67.0 Å². The first-order valence-corrected chi connectivity index (χ1v) is 6.20. The molecule has 4 aromatic rings. The van der Waals surface area contributed by atoms with Gasteiger partial charge in [0.25, 0.3) is 0 Å². The van der Waals surface area contributed by atoms with E-state index in [1.54, 1.807) is 10.9 Å². The van der Waals surface area contributed by atoms with Crippen LogP contribution < -0.4 is 0 Å². The molecule has 0 spiro atoms. The van der Waals surface area contributed by atoms with Gasteiger partial charge in [-0.2, -0.15) is 0 Å². The third-order valence-corrected chi connectivity index (χ3v) is 3.39. The zero-order valence-electron chi connectivity index (χ0n) is 10.2. The first-order chi connectivity index (χ1) is 9.42. The Bertz CT molecular complexity index is 864. The second-order valence-corrected chi connectivity index (χ2v) is 4.55. The van der Waals surface area contributed by atoms with Crippen LogP contribution in [0.3, 0.4) is 0 Å². The van der Waals surface area contributed by atoms with Crippen LogP contribution >= 0.6 is 0 Å². The summed E-state index contributed by atoms with van der Waals surface area (Å²) in [6.07, 6.45) is 3.56. The zero-order valence-corrected chi connectivity index (χ0v) is 10.2. The van der Waals surface area contributed by atoms with Crippen molar-refractivity contribution >= 4 is 21.5 Å². The molecular formula is C16H11N3. The van der Waals surface area contributed by atoms with E-state index in [0.717, 1.165) is 5.69 Å². The Kier molecular flexibility index (Phi) is 2.12. The first kappa shape index (κ1) is 10.3. The number of hydrogen-bond donors (Lipinski definition) is 0. The summed E-state index contributed by atoms with van der Waals surface area (Å²) in [6, 6.07) is 19.1. The Balaban J connectivity index is 2.12. The molecule has 1 aromatic heterocycles. The predicted octanol–water partition coefficient (Wildman–Crippen LogP) is 3.57. The van der Waals surface area contributed by atoms with Crippen LogP contribution in [0.2, 0.25) is 0 Å². The summed E-state index contributed by atoms with van der Waals surface area (Å²) < 4.78 is 1.80. The minimum absolute atomic E-state index is 1.06. The van der Waals surface area contributed by atoms with Crippen molar-refractivity contribution in [2.45, 2.75) is 0 Å². The van der Waals surface area contributed by atoms with Gasteiger partial charge in [-0.05, 0) is 34.4 Å². The summed E-state index contributed by atoms with van der Waals surface area (Å²) in [6.45, 7) is 0. The number of aromatic nitrogens is 3. The summed E-state index contributed by atoms with van der Waals surface area (Å²) in [7, 11) is 0. The van der Waals surface area contributed by atoms with Crippen molar-refractivity contribution in [1.29, 1.82) is 0 Å². The zero-order chi connectivity index (χ0) is 12.7. The molecule has 0 unspecified atom stereocenters. The summed E-state index contributed by atoms with van der Waals surface area (Å²) >= 11 is 0. The summed E-state index contributed by atoms with van der Waals surface area (Å²) in [5.74, 6) is 0. The normalized spacial score (nSPS) is 11.2. The topological polar surface area (TPSA) is 30.7 Å². The Morgan fingerprint density at radius 3 is 2.37 bits per heavy atom. The molecule has 3 aromatic carbocycles. The van der Waals surface area contributed by atoms with E-state index in [0.29, 0.717) is 0 Å². The van der Waals surface area contributed by atoms with E-state index < -0.39 is 0 Å². The molecule has 4 rings (SSSR count). The van der Waals surface area contributed by atoms with Gasteiger partial charge in [0, 0.05) is 5.39 Å². The largest absolute Gasteiger partial charge is 0.220 e. The van der Waals surface area contributed by atoms with Crippen LogP contribution in [-0.2, 0) is 0 Å². The fraction of sp³-hybridized carbons (Fsp3) is 0. The number of nitrogens with zero attached hydrogens (tertiary/aromatic N) is 3. The van der Waals surface area contributed by atoms with Gasteiger partial charge < -0.3 is 0 Å². The Hall–Kier alpha value is -2.68. The Labute approximate surface area is 110 Å². The SMILES string of the molecule is c1ccc2cc3c(-n4ccnn4)cccc3cc2c1. The van der Waals surface area contributed by atoms with Gasteiger partial charge in [0.15, 0.2) is 0 Å². The van der Waals surface area contributed by atoms with E-state index in [1.807, 2.05) is 12.3 Å². The fourth-order valence-corrected chi connectivity index (χ4v) is 2.49. The lowest BCUT2D eigenvalue weighted by atomic mass is 10.0. The molecule has 90 valence electrons. The highest BCUT2D eigenvalue weighted by atomic mass is 15.4. The van der Waals surface area contributed by atoms with Crippen molar-refractivity contribution in [2.75, 3.05) is 0 Å². The van der Waals surface area contributed by atoms with Gasteiger partial charge in [0.2, 0.25) is 0 Å². The highest BCUT2D eigenvalue weighted by molar-refractivity contribution is 6.01. The van der Waals surface area contributed by atoms with Gasteiger partial charge >= 0.3 is 0 Å². The smallest absolute Gasteiger partial charge is 0.0742 e. The van der Waals surface area contributed by atoms with Gasteiger partial charge in [0.05, 0.1) is 18.1 Å². The summed E-state index contributed by atoms with van der Waals surface area (Å²) in [5.41, 5.74) is 1.06. The molecule has 3 nitrogen and oxygen atoms in total. The van der Waals surface area contributed by atoms with Crippen LogP contribution in [-0.4, -0.2) is 15.0 Å². The van der Waals surface area contributed by atoms with Crippen molar-refractivity contribution in [3.05, 3.63) is 67.0 Å². The van der Waals surface area contributed by atoms with Crippen molar-refractivity contribution < 1.29 is 0 Å². The predicted molar refractivity (Wildman–Crippen MR) is 76.4 cm³/mol. The van der Waals surface area contributed by atoms with E-state index in [9.17, 15) is 0 Å². The lowest BCUT2D eigenvalue weighted by Gasteiger charge is -2.07. The van der Waals surface area contributed by atoms with Crippen molar-refractivity contribution in [1.82, 2.24) is 15.0 Å². The van der Waals surface area contributed by atoms with Crippen LogP contribution in [0.25, 0.3) is 27.2 Å². The number of hydrogen-bond acceptors (Lipinski definition) is 2. The molecular weight excluding hydrogens is 234 g/mol.